The third-order valence-corrected chi connectivity index (χ3v) is 8.20. The van der Waals surface area contributed by atoms with E-state index in [0.717, 1.165) is 21.3 Å². The first kappa shape index (κ1) is 26.1. The molecule has 1 aliphatic heterocycles. The van der Waals surface area contributed by atoms with E-state index in [1.807, 2.05) is 41.4 Å². The van der Waals surface area contributed by atoms with Crippen LogP contribution < -0.4 is 5.32 Å². The van der Waals surface area contributed by atoms with Gasteiger partial charge in [-0.25, -0.2) is 5.01 Å². The molecule has 2 aromatic heterocycles. The lowest BCUT2D eigenvalue weighted by Gasteiger charge is -2.25. The molecule has 4 rings (SSSR count). The average Bonchev–Trinajstić information content (AvgIpc) is 3.47. The maximum absolute atomic E-state index is 10.7. The maximum Gasteiger partial charge on any atom is 0.222 e. The van der Waals surface area contributed by atoms with Crippen molar-refractivity contribution in [1.29, 1.82) is 0 Å². The lowest BCUT2D eigenvalue weighted by atomic mass is 9.98. The van der Waals surface area contributed by atoms with E-state index in [9.17, 15) is 5.11 Å². The number of phenols is 1. The van der Waals surface area contributed by atoms with Gasteiger partial charge in [0.1, 0.15) is 21.2 Å². The molecule has 0 spiro atoms. The van der Waals surface area contributed by atoms with Gasteiger partial charge in [-0.3, -0.25) is 15.3 Å². The highest BCUT2D eigenvalue weighted by Crippen LogP contribution is 2.46. The number of guanidine groups is 1. The van der Waals surface area contributed by atoms with E-state index in [1.54, 1.807) is 24.0 Å². The molecular formula is C26H33N7OS2. The van der Waals surface area contributed by atoms with E-state index >= 15 is 0 Å². The van der Waals surface area contributed by atoms with Gasteiger partial charge in [-0.1, -0.05) is 88.9 Å². The first-order valence-corrected chi connectivity index (χ1v) is 13.6. The van der Waals surface area contributed by atoms with Gasteiger partial charge in [0.2, 0.25) is 11.1 Å². The number of aromatic hydroxyl groups is 1. The number of anilines is 1. The molecule has 3 aromatic rings. The average molecular weight is 524 g/mol. The second kappa shape index (κ2) is 10.6. The number of rotatable bonds is 5. The number of para-hydroxylation sites is 1. The van der Waals surface area contributed by atoms with E-state index in [1.165, 1.54) is 11.3 Å². The Bertz CT molecular complexity index is 1240. The smallest absolute Gasteiger partial charge is 0.222 e. The highest BCUT2D eigenvalue weighted by atomic mass is 32.2. The van der Waals surface area contributed by atoms with E-state index in [4.69, 9.17) is 10.1 Å². The van der Waals surface area contributed by atoms with Crippen LogP contribution in [-0.4, -0.2) is 42.8 Å². The summed E-state index contributed by atoms with van der Waals surface area (Å²) in [5.74, 6) is 0.784. The van der Waals surface area contributed by atoms with Crippen LogP contribution >= 0.6 is 23.1 Å². The van der Waals surface area contributed by atoms with Crippen LogP contribution in [0.1, 0.15) is 63.2 Å². The Balaban J connectivity index is 1.71. The van der Waals surface area contributed by atoms with Gasteiger partial charge in [0.25, 0.3) is 0 Å². The van der Waals surface area contributed by atoms with Crippen molar-refractivity contribution in [2.45, 2.75) is 58.8 Å². The summed E-state index contributed by atoms with van der Waals surface area (Å²) >= 11 is 3.13. The molecule has 1 unspecified atom stereocenters. The Kier molecular flexibility index (Phi) is 7.65. The Morgan fingerprint density at radius 2 is 1.78 bits per heavy atom. The highest BCUT2D eigenvalue weighted by Gasteiger charge is 2.38. The van der Waals surface area contributed by atoms with Crippen molar-refractivity contribution in [1.82, 2.24) is 20.2 Å². The van der Waals surface area contributed by atoms with Crippen LogP contribution in [0.25, 0.3) is 0 Å². The number of thioether (sulfide) groups is 1. The van der Waals surface area contributed by atoms with Crippen LogP contribution in [0.15, 0.2) is 58.8 Å². The van der Waals surface area contributed by atoms with Gasteiger partial charge in [0.05, 0.1) is 0 Å². The van der Waals surface area contributed by atoms with Gasteiger partial charge in [-0.05, 0) is 18.2 Å². The number of hydrazone groups is 1. The molecule has 10 heteroatoms. The Labute approximate surface area is 221 Å². The zero-order valence-corrected chi connectivity index (χ0v) is 23.2. The first-order chi connectivity index (χ1) is 17.0. The number of hydrogen-bond acceptors (Lipinski definition) is 8. The number of benzene rings is 1. The number of nitrogens with zero attached hydrogens (tertiary/aromatic N) is 6. The minimum atomic E-state index is -0.281. The van der Waals surface area contributed by atoms with Crippen LogP contribution in [-0.2, 0) is 11.8 Å². The minimum absolute atomic E-state index is 0.104. The van der Waals surface area contributed by atoms with Crippen molar-refractivity contribution in [3.8, 4) is 5.75 Å². The number of aromatic nitrogens is 3. The molecule has 1 atom stereocenters. The van der Waals surface area contributed by atoms with Gasteiger partial charge >= 0.3 is 0 Å². The summed E-state index contributed by atoms with van der Waals surface area (Å²) in [6.07, 6.45) is 2.48. The molecule has 0 saturated heterocycles. The molecule has 0 fully saturated rings. The number of pyridine rings is 1. The fraction of sp³-hybridized carbons (Fsp3) is 0.423. The van der Waals surface area contributed by atoms with Gasteiger partial charge in [0, 0.05) is 41.2 Å². The Hall–Kier alpha value is -2.98. The van der Waals surface area contributed by atoms with Crippen LogP contribution in [0.2, 0.25) is 0 Å². The molecule has 0 saturated carbocycles. The predicted molar refractivity (Wildman–Crippen MR) is 150 cm³/mol. The van der Waals surface area contributed by atoms with Crippen LogP contribution in [0.4, 0.5) is 5.13 Å². The van der Waals surface area contributed by atoms with Gasteiger partial charge < -0.3 is 5.11 Å². The molecule has 0 aliphatic carbocycles. The molecule has 190 valence electrons. The third-order valence-electron chi connectivity index (χ3n) is 5.35. The predicted octanol–water partition coefficient (Wildman–Crippen LogP) is 6.05. The topological polar surface area (TPSA) is 98.9 Å². The fourth-order valence-corrected chi connectivity index (χ4v) is 5.44. The number of phenolic OH excluding ortho intramolecular Hbond substituents is 1. The second-order valence-electron chi connectivity index (χ2n) is 10.6. The molecule has 0 amide bonds. The monoisotopic (exact) mass is 523 g/mol. The van der Waals surface area contributed by atoms with E-state index in [-0.39, 0.29) is 22.0 Å². The lowest BCUT2D eigenvalue weighted by Crippen LogP contribution is -2.33. The molecule has 3 heterocycles. The van der Waals surface area contributed by atoms with Gasteiger partial charge in [-0.15, -0.1) is 10.2 Å². The number of hydrogen-bond donors (Lipinski definition) is 2. The maximum atomic E-state index is 10.7. The summed E-state index contributed by atoms with van der Waals surface area (Å²) in [4.78, 5) is 9.34. The number of aliphatic imine (C=N–C) groups is 1. The molecule has 36 heavy (non-hydrogen) atoms. The van der Waals surface area contributed by atoms with Crippen molar-refractivity contribution in [3.05, 3.63) is 64.9 Å². The second-order valence-corrected chi connectivity index (χ2v) is 12.6. The zero-order valence-electron chi connectivity index (χ0n) is 21.6. The van der Waals surface area contributed by atoms with Crippen molar-refractivity contribution in [2.24, 2.45) is 15.5 Å². The molecule has 8 nitrogen and oxygen atoms in total. The highest BCUT2D eigenvalue weighted by molar-refractivity contribution is 8.14. The summed E-state index contributed by atoms with van der Waals surface area (Å²) in [6.45, 7) is 13.3. The van der Waals surface area contributed by atoms with E-state index < -0.39 is 0 Å². The molecule has 1 aliphatic rings. The van der Waals surface area contributed by atoms with Crippen molar-refractivity contribution in [3.63, 3.8) is 0 Å². The van der Waals surface area contributed by atoms with E-state index in [0.29, 0.717) is 24.1 Å². The molecule has 1 aromatic carbocycles. The summed E-state index contributed by atoms with van der Waals surface area (Å²) in [5, 5.41) is 31.9. The Morgan fingerprint density at radius 3 is 2.42 bits per heavy atom. The summed E-state index contributed by atoms with van der Waals surface area (Å²) in [7, 11) is 0. The van der Waals surface area contributed by atoms with Crippen LogP contribution in [0.3, 0.4) is 0 Å². The standard InChI is InChI=1S/C26H33N7OS2/c1-25(2,3)21-30-31-24(36-21)29-23(28-16-14-17-11-9-10-15-27-17)33-20(18-12-7-8-13-19(18)34)35-22(32-33)26(4,5)6/h7-13,15,20,34H,14,16H2,1-6H3,(H,28,29,31). The van der Waals surface area contributed by atoms with Crippen molar-refractivity contribution >= 4 is 39.2 Å². The molecule has 0 bridgehead atoms. The first-order valence-electron chi connectivity index (χ1n) is 11.9. The molecule has 2 N–H and O–H groups in total. The molecule has 0 radical (unpaired) electrons. The van der Waals surface area contributed by atoms with Crippen molar-refractivity contribution < 1.29 is 5.11 Å². The fourth-order valence-electron chi connectivity index (χ4n) is 3.37. The van der Waals surface area contributed by atoms with Crippen molar-refractivity contribution in [2.75, 3.05) is 11.9 Å². The zero-order chi connectivity index (χ0) is 25.9. The van der Waals surface area contributed by atoms with Gasteiger partial charge in [-0.2, -0.15) is 5.10 Å². The molecular weight excluding hydrogens is 490 g/mol. The summed E-state index contributed by atoms with van der Waals surface area (Å²) in [5.41, 5.74) is 1.48. The third kappa shape index (κ3) is 6.22. The summed E-state index contributed by atoms with van der Waals surface area (Å²) < 4.78 is 0. The number of nitrogens with one attached hydrogen (secondary N) is 1. The normalized spacial score (nSPS) is 16.8. The largest absolute Gasteiger partial charge is 0.508 e. The Morgan fingerprint density at radius 1 is 1.03 bits per heavy atom. The van der Waals surface area contributed by atoms with Crippen LogP contribution in [0, 0.1) is 5.41 Å². The minimum Gasteiger partial charge on any atom is -0.508 e. The summed E-state index contributed by atoms with van der Waals surface area (Å²) in [6, 6.07) is 13.3. The van der Waals surface area contributed by atoms with E-state index in [2.05, 4.69) is 62.0 Å². The lowest BCUT2D eigenvalue weighted by molar-refractivity contribution is 0.407. The SMILES string of the molecule is CC(C)(C)C1=NN(C(=NCCc2ccccn2)Nc2nnc(C(C)(C)C)s2)C(c2ccccc2O)S1. The van der Waals surface area contributed by atoms with Gasteiger partial charge in [0.15, 0.2) is 0 Å². The van der Waals surface area contributed by atoms with Crippen LogP contribution in [0.5, 0.6) is 5.75 Å². The quantitative estimate of drug-likeness (QED) is 0.310.